The van der Waals surface area contributed by atoms with E-state index in [1.807, 2.05) is 0 Å². The average molecular weight is 383 g/mol. The van der Waals surface area contributed by atoms with Crippen LogP contribution in [0.25, 0.3) is 0 Å². The number of allylic oxidation sites excluding steroid dienone is 1. The molecular weight excluding hydrogens is 374 g/mol. The van der Waals surface area contributed by atoms with E-state index < -0.39 is 17.7 Å². The zero-order valence-corrected chi connectivity index (χ0v) is 12.4. The Morgan fingerprint density at radius 1 is 1.67 bits per heavy atom. The summed E-state index contributed by atoms with van der Waals surface area (Å²) in [5.74, 6) is -0.735. The number of carboxylic acid groups (broad SMARTS) is 1. The van der Waals surface area contributed by atoms with Gasteiger partial charge in [-0.1, -0.05) is 5.16 Å². The highest BCUT2D eigenvalue weighted by molar-refractivity contribution is 9.12. The van der Waals surface area contributed by atoms with E-state index in [9.17, 15) is 9.90 Å². The van der Waals surface area contributed by atoms with Gasteiger partial charge in [0.25, 0.3) is 0 Å². The van der Waals surface area contributed by atoms with Crippen molar-refractivity contribution < 1.29 is 24.6 Å². The van der Waals surface area contributed by atoms with Crippen molar-refractivity contribution in [2.45, 2.75) is 18.1 Å². The van der Waals surface area contributed by atoms with E-state index in [1.54, 1.807) is 6.08 Å². The van der Waals surface area contributed by atoms with Crippen LogP contribution in [0.5, 0.6) is 0 Å². The monoisotopic (exact) mass is 381 g/mol. The van der Waals surface area contributed by atoms with Crippen LogP contribution in [0.4, 0.5) is 0 Å². The van der Waals surface area contributed by atoms with E-state index in [-0.39, 0.29) is 12.1 Å². The molecule has 2 atom stereocenters. The lowest BCUT2D eigenvalue weighted by Crippen LogP contribution is -2.44. The third-order valence-corrected chi connectivity index (χ3v) is 4.11. The van der Waals surface area contributed by atoms with E-state index in [1.165, 1.54) is 7.11 Å². The summed E-state index contributed by atoms with van der Waals surface area (Å²) in [6.45, 7) is 0. The second kappa shape index (κ2) is 4.67. The quantitative estimate of drug-likeness (QED) is 0.755. The molecule has 0 fully saturated rings. The maximum atomic E-state index is 10.8. The van der Waals surface area contributed by atoms with Crippen molar-refractivity contribution in [1.29, 1.82) is 0 Å². The molecule has 2 rings (SSSR count). The molecule has 2 N–H and O–H groups in total. The zero-order valence-electron chi connectivity index (χ0n) is 9.18. The first-order valence-corrected chi connectivity index (χ1v) is 6.48. The minimum absolute atomic E-state index is 0.0231. The summed E-state index contributed by atoms with van der Waals surface area (Å²) in [5.41, 5.74) is -1.35. The molecular formula is C10H9Br2NO5. The summed E-state index contributed by atoms with van der Waals surface area (Å²) in [6.07, 6.45) is 0.445. The Balaban J connectivity index is 2.35. The molecule has 1 aliphatic carbocycles. The van der Waals surface area contributed by atoms with Gasteiger partial charge in [0.05, 0.1) is 16.1 Å². The Labute approximate surface area is 119 Å². The molecule has 1 aliphatic heterocycles. The van der Waals surface area contributed by atoms with Crippen LogP contribution in [-0.4, -0.2) is 40.7 Å². The molecule has 0 saturated carbocycles. The van der Waals surface area contributed by atoms with Crippen molar-refractivity contribution in [2.24, 2.45) is 5.16 Å². The molecule has 2 aliphatic rings. The number of oxime groups is 1. The van der Waals surface area contributed by atoms with E-state index in [2.05, 4.69) is 37.0 Å². The second-order valence-corrected chi connectivity index (χ2v) is 5.55. The largest absolute Gasteiger partial charge is 0.495 e. The van der Waals surface area contributed by atoms with Crippen LogP contribution in [0.1, 0.15) is 6.42 Å². The molecule has 0 aromatic carbocycles. The van der Waals surface area contributed by atoms with E-state index in [0.717, 1.165) is 0 Å². The summed E-state index contributed by atoms with van der Waals surface area (Å²) in [6, 6.07) is 0. The van der Waals surface area contributed by atoms with Crippen LogP contribution in [-0.2, 0) is 14.4 Å². The topological polar surface area (TPSA) is 88.4 Å². The van der Waals surface area contributed by atoms with Crippen LogP contribution in [0.15, 0.2) is 26.0 Å². The van der Waals surface area contributed by atoms with Crippen molar-refractivity contribution in [3.8, 4) is 0 Å². The number of aliphatic hydroxyl groups is 1. The Hall–Kier alpha value is -0.860. The average Bonchev–Trinajstić information content (AvgIpc) is 2.72. The van der Waals surface area contributed by atoms with Crippen molar-refractivity contribution in [3.05, 3.63) is 20.8 Å². The van der Waals surface area contributed by atoms with E-state index in [4.69, 9.17) is 14.7 Å². The molecule has 0 aromatic rings. The number of nitrogens with zero attached hydrogens (tertiary/aromatic N) is 1. The molecule has 18 heavy (non-hydrogen) atoms. The Morgan fingerprint density at radius 3 is 2.83 bits per heavy atom. The number of hydrogen-bond donors (Lipinski definition) is 2. The highest BCUT2D eigenvalue weighted by atomic mass is 79.9. The van der Waals surface area contributed by atoms with Gasteiger partial charge in [-0.05, 0) is 37.9 Å². The Bertz CT molecular complexity index is 498. The molecule has 6 nitrogen and oxygen atoms in total. The van der Waals surface area contributed by atoms with Gasteiger partial charge in [0, 0.05) is 6.42 Å². The number of carboxylic acids is 1. The van der Waals surface area contributed by atoms with Gasteiger partial charge in [0.15, 0.2) is 11.3 Å². The summed E-state index contributed by atoms with van der Waals surface area (Å²) in [7, 11) is 1.46. The van der Waals surface area contributed by atoms with Gasteiger partial charge >= 0.3 is 5.97 Å². The van der Waals surface area contributed by atoms with Crippen molar-refractivity contribution in [3.63, 3.8) is 0 Å². The van der Waals surface area contributed by atoms with Crippen LogP contribution in [0, 0.1) is 0 Å². The van der Waals surface area contributed by atoms with Gasteiger partial charge in [0.1, 0.15) is 11.9 Å². The summed E-state index contributed by atoms with van der Waals surface area (Å²) in [5, 5.41) is 22.6. The Morgan fingerprint density at radius 2 is 2.33 bits per heavy atom. The summed E-state index contributed by atoms with van der Waals surface area (Å²) in [4.78, 5) is 16.0. The number of carbonyl (C=O) groups is 1. The summed E-state index contributed by atoms with van der Waals surface area (Å²) >= 11 is 6.50. The number of halogens is 2. The fourth-order valence-corrected chi connectivity index (χ4v) is 3.60. The number of aliphatic carboxylic acids is 1. The lowest BCUT2D eigenvalue weighted by Gasteiger charge is -2.33. The molecule has 8 heteroatoms. The minimum Gasteiger partial charge on any atom is -0.495 e. The smallest absolute Gasteiger partial charge is 0.353 e. The zero-order chi connectivity index (χ0) is 13.5. The molecule has 1 spiro atoms. The van der Waals surface area contributed by atoms with Crippen LogP contribution in [0.3, 0.4) is 0 Å². The predicted molar refractivity (Wildman–Crippen MR) is 69.5 cm³/mol. The van der Waals surface area contributed by atoms with Crippen LogP contribution >= 0.6 is 31.9 Å². The lowest BCUT2D eigenvalue weighted by atomic mass is 9.87. The van der Waals surface area contributed by atoms with Gasteiger partial charge in [0.2, 0.25) is 0 Å². The summed E-state index contributed by atoms with van der Waals surface area (Å²) < 4.78 is 6.05. The molecule has 0 aromatic heterocycles. The SMILES string of the molecule is COC1=C(Br)[C@H](O)C2(C=C1Br)CC(C(=O)O)=NO2. The highest BCUT2D eigenvalue weighted by Gasteiger charge is 2.50. The highest BCUT2D eigenvalue weighted by Crippen LogP contribution is 2.43. The standard InChI is InChI=1S/C10H9Br2NO5/c1-17-7-4(11)2-10(8(14)6(7)12)3-5(9(15)16)13-18-10/h2,8,14H,3H2,1H3,(H,15,16)/t8-,10?/m0/s1. The van der Waals surface area contributed by atoms with Gasteiger partial charge in [-0.25, -0.2) is 4.79 Å². The van der Waals surface area contributed by atoms with Gasteiger partial charge < -0.3 is 19.8 Å². The third kappa shape index (κ3) is 1.98. The molecule has 1 heterocycles. The lowest BCUT2D eigenvalue weighted by molar-refractivity contribution is -0.129. The molecule has 0 radical (unpaired) electrons. The van der Waals surface area contributed by atoms with Gasteiger partial charge in [-0.2, -0.15) is 0 Å². The van der Waals surface area contributed by atoms with Crippen molar-refractivity contribution >= 4 is 43.5 Å². The second-order valence-electron chi connectivity index (χ2n) is 3.84. The van der Waals surface area contributed by atoms with Crippen LogP contribution < -0.4 is 0 Å². The number of aliphatic hydroxyl groups excluding tert-OH is 1. The molecule has 1 unspecified atom stereocenters. The molecule has 98 valence electrons. The number of rotatable bonds is 2. The van der Waals surface area contributed by atoms with Crippen LogP contribution in [0.2, 0.25) is 0 Å². The Kier molecular flexibility index (Phi) is 3.52. The molecule has 0 amide bonds. The van der Waals surface area contributed by atoms with Gasteiger partial charge in [-0.3, -0.25) is 0 Å². The fraction of sp³-hybridized carbons (Fsp3) is 0.400. The van der Waals surface area contributed by atoms with Gasteiger partial charge in [-0.15, -0.1) is 0 Å². The number of ether oxygens (including phenoxy) is 1. The molecule has 0 saturated heterocycles. The maximum absolute atomic E-state index is 10.8. The molecule has 0 bridgehead atoms. The van der Waals surface area contributed by atoms with Crippen molar-refractivity contribution in [2.75, 3.05) is 7.11 Å². The van der Waals surface area contributed by atoms with E-state index in [0.29, 0.717) is 14.7 Å². The third-order valence-electron chi connectivity index (χ3n) is 2.73. The first-order chi connectivity index (χ1) is 8.41. The first kappa shape index (κ1) is 13.6. The number of hydrogen-bond acceptors (Lipinski definition) is 5. The fourth-order valence-electron chi connectivity index (χ4n) is 1.81. The predicted octanol–water partition coefficient (Wildman–Crippen LogP) is 1.49. The first-order valence-electron chi connectivity index (χ1n) is 4.90. The maximum Gasteiger partial charge on any atom is 0.353 e. The normalized spacial score (nSPS) is 31.0. The van der Waals surface area contributed by atoms with Crippen molar-refractivity contribution in [1.82, 2.24) is 0 Å². The number of methoxy groups -OCH3 is 1. The minimum atomic E-state index is -1.21. The van der Waals surface area contributed by atoms with E-state index >= 15 is 0 Å².